The summed E-state index contributed by atoms with van der Waals surface area (Å²) < 4.78 is 52.6. The van der Waals surface area contributed by atoms with E-state index in [0.29, 0.717) is 11.5 Å². The van der Waals surface area contributed by atoms with Crippen LogP contribution in [0.4, 0.5) is 17.6 Å². The molecule has 1 atom stereocenters. The molecule has 1 aromatic rings. The van der Waals surface area contributed by atoms with Crippen molar-refractivity contribution in [1.29, 1.82) is 0 Å². The van der Waals surface area contributed by atoms with E-state index in [4.69, 9.17) is 0 Å². The summed E-state index contributed by atoms with van der Waals surface area (Å²) >= 11 is 0. The van der Waals surface area contributed by atoms with E-state index in [1.165, 1.54) is 12.5 Å². The lowest BCUT2D eigenvalue weighted by atomic mass is 9.80. The smallest absolute Gasteiger partial charge is 0.314 e. The molecule has 3 rings (SSSR count). The summed E-state index contributed by atoms with van der Waals surface area (Å²) in [6.45, 7) is 3.44. The first kappa shape index (κ1) is 20.5. The van der Waals surface area contributed by atoms with Gasteiger partial charge >= 0.3 is 6.18 Å². The van der Waals surface area contributed by atoms with E-state index in [9.17, 15) is 17.6 Å². The lowest BCUT2D eigenvalue weighted by Gasteiger charge is -2.41. The normalized spacial score (nSPS) is 21.6. The highest BCUT2D eigenvalue weighted by molar-refractivity contribution is 5.85. The van der Waals surface area contributed by atoms with Crippen LogP contribution in [0.1, 0.15) is 49.3 Å². The third-order valence-electron chi connectivity index (χ3n) is 5.28. The monoisotopic (exact) mass is 380 g/mol. The van der Waals surface area contributed by atoms with Gasteiger partial charge < -0.3 is 5.32 Å². The lowest BCUT2D eigenvalue weighted by molar-refractivity contribution is -0.140. The van der Waals surface area contributed by atoms with Crippen molar-refractivity contribution in [3.63, 3.8) is 0 Å². The fraction of sp³-hybridized carbons (Fsp3) is 0.667. The third kappa shape index (κ3) is 4.86. The average molecular weight is 381 g/mol. The van der Waals surface area contributed by atoms with Crippen molar-refractivity contribution in [3.8, 4) is 0 Å². The van der Waals surface area contributed by atoms with Crippen LogP contribution in [0, 0.1) is 11.7 Å². The molecule has 1 saturated carbocycles. The second kappa shape index (κ2) is 8.69. The molecule has 1 aliphatic carbocycles. The zero-order valence-corrected chi connectivity index (χ0v) is 14.9. The van der Waals surface area contributed by atoms with Gasteiger partial charge in [0, 0.05) is 32.2 Å². The number of nitrogens with one attached hydrogen (secondary N) is 1. The quantitative estimate of drug-likeness (QED) is 0.758. The van der Waals surface area contributed by atoms with Crippen molar-refractivity contribution < 1.29 is 17.6 Å². The van der Waals surface area contributed by atoms with Crippen LogP contribution in [0.2, 0.25) is 0 Å². The lowest BCUT2D eigenvalue weighted by Crippen LogP contribution is -2.47. The molecular weight excluding hydrogens is 356 g/mol. The minimum absolute atomic E-state index is 0. The molecule has 1 saturated heterocycles. The van der Waals surface area contributed by atoms with Gasteiger partial charge in [-0.25, -0.2) is 4.39 Å². The molecule has 1 heterocycles. The number of hydrogen-bond acceptors (Lipinski definition) is 2. The Balaban J connectivity index is 0.00000225. The number of benzene rings is 1. The SMILES string of the molecule is Cl.Fc1cc([C@@H](C2CCCCC2)N2CCNCC2)ccc1C(F)(F)F. The second-order valence-corrected chi connectivity index (χ2v) is 6.87. The van der Waals surface area contributed by atoms with E-state index in [2.05, 4.69) is 10.2 Å². The van der Waals surface area contributed by atoms with Gasteiger partial charge in [0.2, 0.25) is 0 Å². The molecule has 1 aliphatic heterocycles. The van der Waals surface area contributed by atoms with E-state index in [0.717, 1.165) is 64.0 Å². The molecule has 2 aliphatic rings. The van der Waals surface area contributed by atoms with Gasteiger partial charge in [0.25, 0.3) is 0 Å². The predicted octanol–water partition coefficient (Wildman–Crippen LogP) is 4.79. The van der Waals surface area contributed by atoms with Gasteiger partial charge in [-0.3, -0.25) is 4.90 Å². The molecular formula is C18H25ClF4N2. The van der Waals surface area contributed by atoms with Gasteiger partial charge in [0.1, 0.15) is 5.82 Å². The maximum atomic E-state index is 14.1. The summed E-state index contributed by atoms with van der Waals surface area (Å²) in [7, 11) is 0. The van der Waals surface area contributed by atoms with Gasteiger partial charge in [0.15, 0.2) is 0 Å². The molecule has 2 nitrogen and oxygen atoms in total. The minimum atomic E-state index is -4.64. The summed E-state index contributed by atoms with van der Waals surface area (Å²) in [6.07, 6.45) is 1.01. The molecule has 2 fully saturated rings. The number of alkyl halides is 3. The van der Waals surface area contributed by atoms with Crippen molar-refractivity contribution in [1.82, 2.24) is 10.2 Å². The van der Waals surface area contributed by atoms with Gasteiger partial charge in [-0.1, -0.05) is 25.3 Å². The maximum absolute atomic E-state index is 14.1. The number of nitrogens with zero attached hydrogens (tertiary/aromatic N) is 1. The van der Waals surface area contributed by atoms with Crippen LogP contribution in [0.5, 0.6) is 0 Å². The first-order chi connectivity index (χ1) is 11.5. The fourth-order valence-electron chi connectivity index (χ4n) is 4.14. The number of halogens is 5. The molecule has 0 spiro atoms. The van der Waals surface area contributed by atoms with E-state index in [-0.39, 0.29) is 18.4 Å². The zero-order chi connectivity index (χ0) is 17.2. The maximum Gasteiger partial charge on any atom is 0.419 e. The van der Waals surface area contributed by atoms with Crippen LogP contribution in [-0.4, -0.2) is 31.1 Å². The Labute approximate surface area is 152 Å². The third-order valence-corrected chi connectivity index (χ3v) is 5.28. The molecule has 0 amide bonds. The van der Waals surface area contributed by atoms with Crippen LogP contribution in [0.25, 0.3) is 0 Å². The highest BCUT2D eigenvalue weighted by Gasteiger charge is 2.36. The molecule has 142 valence electrons. The highest BCUT2D eigenvalue weighted by Crippen LogP contribution is 2.40. The summed E-state index contributed by atoms with van der Waals surface area (Å²) in [5.74, 6) is -0.760. The predicted molar refractivity (Wildman–Crippen MR) is 92.4 cm³/mol. The van der Waals surface area contributed by atoms with Crippen molar-refractivity contribution in [3.05, 3.63) is 35.1 Å². The second-order valence-electron chi connectivity index (χ2n) is 6.87. The molecule has 0 aromatic heterocycles. The first-order valence-corrected chi connectivity index (χ1v) is 8.78. The molecule has 0 radical (unpaired) electrons. The molecule has 1 aromatic carbocycles. The Morgan fingerprint density at radius 3 is 2.24 bits per heavy atom. The summed E-state index contributed by atoms with van der Waals surface area (Å²) in [6, 6.07) is 3.52. The molecule has 0 bridgehead atoms. The summed E-state index contributed by atoms with van der Waals surface area (Å²) in [4.78, 5) is 2.31. The minimum Gasteiger partial charge on any atom is -0.314 e. The Bertz CT molecular complexity index is 534. The first-order valence-electron chi connectivity index (χ1n) is 8.78. The average Bonchev–Trinajstić information content (AvgIpc) is 2.56. The Morgan fingerprint density at radius 1 is 1.04 bits per heavy atom. The largest absolute Gasteiger partial charge is 0.419 e. The molecule has 1 N–H and O–H groups in total. The Kier molecular flexibility index (Phi) is 7.11. The van der Waals surface area contributed by atoms with Crippen molar-refractivity contribution in [2.75, 3.05) is 26.2 Å². The van der Waals surface area contributed by atoms with E-state index in [1.807, 2.05) is 0 Å². The number of hydrogen-bond donors (Lipinski definition) is 1. The van der Waals surface area contributed by atoms with Crippen molar-refractivity contribution in [2.45, 2.75) is 44.3 Å². The van der Waals surface area contributed by atoms with Crippen LogP contribution in [-0.2, 0) is 6.18 Å². The van der Waals surface area contributed by atoms with Gasteiger partial charge in [-0.2, -0.15) is 13.2 Å². The molecule has 25 heavy (non-hydrogen) atoms. The van der Waals surface area contributed by atoms with Crippen LogP contribution >= 0.6 is 12.4 Å². The van der Waals surface area contributed by atoms with Crippen LogP contribution < -0.4 is 5.32 Å². The highest BCUT2D eigenvalue weighted by atomic mass is 35.5. The molecule has 7 heteroatoms. The fourth-order valence-corrected chi connectivity index (χ4v) is 4.14. The van der Waals surface area contributed by atoms with Crippen molar-refractivity contribution in [2.24, 2.45) is 5.92 Å². The number of rotatable bonds is 3. The zero-order valence-electron chi connectivity index (χ0n) is 14.1. The van der Waals surface area contributed by atoms with Crippen LogP contribution in [0.15, 0.2) is 18.2 Å². The standard InChI is InChI=1S/C18H24F4N2.ClH/c19-16-12-14(6-7-15(16)18(20,21)22)17(13-4-2-1-3-5-13)24-10-8-23-9-11-24;/h6-7,12-13,17,23H,1-5,8-11H2;1H/t17-;/m1./s1. The van der Waals surface area contributed by atoms with Crippen molar-refractivity contribution >= 4 is 12.4 Å². The van der Waals surface area contributed by atoms with Crippen LogP contribution in [0.3, 0.4) is 0 Å². The van der Waals surface area contributed by atoms with E-state index in [1.54, 1.807) is 0 Å². The Morgan fingerprint density at radius 2 is 1.68 bits per heavy atom. The summed E-state index contributed by atoms with van der Waals surface area (Å²) in [5, 5.41) is 3.30. The van der Waals surface area contributed by atoms with Gasteiger partial charge in [0.05, 0.1) is 5.56 Å². The molecule has 0 unspecified atom stereocenters. The Hall–Kier alpha value is -0.850. The number of piperazine rings is 1. The van der Waals surface area contributed by atoms with E-state index < -0.39 is 17.6 Å². The van der Waals surface area contributed by atoms with Gasteiger partial charge in [-0.05, 0) is 36.5 Å². The van der Waals surface area contributed by atoms with E-state index >= 15 is 0 Å². The summed E-state index contributed by atoms with van der Waals surface area (Å²) in [5.41, 5.74) is -0.483. The van der Waals surface area contributed by atoms with Gasteiger partial charge in [-0.15, -0.1) is 12.4 Å². The topological polar surface area (TPSA) is 15.3 Å².